The van der Waals surface area contributed by atoms with Crippen LogP contribution in [0.25, 0.3) is 4.85 Å². The van der Waals surface area contributed by atoms with E-state index in [-0.39, 0.29) is 35.3 Å². The second kappa shape index (κ2) is 18.5. The van der Waals surface area contributed by atoms with Gasteiger partial charge in [-0.1, -0.05) is 81.6 Å². The number of carbonyl (C=O) groups excluding carboxylic acids is 3. The minimum atomic E-state index is -0.325. The van der Waals surface area contributed by atoms with Gasteiger partial charge in [-0.3, -0.25) is 9.59 Å². The van der Waals surface area contributed by atoms with Gasteiger partial charge in [0.05, 0.1) is 58.9 Å². The number of Topliss-reactive ketones (excluding diaryl/α,β-unsaturated/α-hetero) is 1. The molecule has 2 atom stereocenters. The number of benzene rings is 2. The number of allylic oxidation sites excluding steroid dienone is 1. The molecule has 242 valence electrons. The van der Waals surface area contributed by atoms with Gasteiger partial charge in [0.25, 0.3) is 5.70 Å². The Bertz CT molecular complexity index is 1400. The van der Waals surface area contributed by atoms with Crippen LogP contribution >= 0.6 is 23.5 Å². The third kappa shape index (κ3) is 10.3. The fourth-order valence-electron chi connectivity index (χ4n) is 4.14. The summed E-state index contributed by atoms with van der Waals surface area (Å²) in [5, 5.41) is 0. The molecule has 0 bridgehead atoms. The van der Waals surface area contributed by atoms with E-state index in [1.807, 2.05) is 46.8 Å². The van der Waals surface area contributed by atoms with Gasteiger partial charge < -0.3 is 23.7 Å². The van der Waals surface area contributed by atoms with Crippen LogP contribution in [0.1, 0.15) is 82.1 Å². The fraction of sp³-hybridized carbons (Fsp3) is 0.486. The van der Waals surface area contributed by atoms with Crippen LogP contribution in [0.2, 0.25) is 0 Å². The van der Waals surface area contributed by atoms with Crippen molar-refractivity contribution in [2.24, 2.45) is 11.8 Å². The van der Waals surface area contributed by atoms with Crippen LogP contribution in [0.4, 0.5) is 0 Å². The van der Waals surface area contributed by atoms with Gasteiger partial charge in [0.2, 0.25) is 0 Å². The molecule has 0 saturated heterocycles. The molecular formula is C35H43NO7S2. The van der Waals surface area contributed by atoms with Gasteiger partial charge in [0.15, 0.2) is 5.78 Å². The number of hydrogen-bond acceptors (Lipinski definition) is 9. The first-order valence-electron chi connectivity index (χ1n) is 15.5. The molecular weight excluding hydrogens is 611 g/mol. The van der Waals surface area contributed by atoms with Gasteiger partial charge >= 0.3 is 11.9 Å². The lowest BCUT2D eigenvalue weighted by Crippen LogP contribution is -2.15. The van der Waals surface area contributed by atoms with Gasteiger partial charge in [-0.25, -0.2) is 4.85 Å². The van der Waals surface area contributed by atoms with Gasteiger partial charge in [0, 0.05) is 5.56 Å². The average Bonchev–Trinajstić information content (AvgIpc) is 3.49. The summed E-state index contributed by atoms with van der Waals surface area (Å²) in [6.07, 6.45) is 4.25. The van der Waals surface area contributed by atoms with E-state index in [0.717, 1.165) is 28.2 Å². The molecule has 0 aromatic heterocycles. The fourth-order valence-corrected chi connectivity index (χ4v) is 6.81. The topological polar surface area (TPSA) is 92.5 Å². The van der Waals surface area contributed by atoms with E-state index in [9.17, 15) is 14.4 Å². The summed E-state index contributed by atoms with van der Waals surface area (Å²) >= 11 is 2.71. The molecule has 0 radical (unpaired) electrons. The zero-order chi connectivity index (χ0) is 32.8. The van der Waals surface area contributed by atoms with Crippen molar-refractivity contribution in [3.63, 3.8) is 0 Å². The zero-order valence-electron chi connectivity index (χ0n) is 26.8. The first-order chi connectivity index (χ1) is 21.7. The van der Waals surface area contributed by atoms with Crippen molar-refractivity contribution in [1.82, 2.24) is 0 Å². The minimum absolute atomic E-state index is 0.0631. The Morgan fingerprint density at radius 1 is 0.800 bits per heavy atom. The molecule has 2 aromatic rings. The Labute approximate surface area is 275 Å². The normalized spacial score (nSPS) is 14.5. The molecule has 0 saturated carbocycles. The van der Waals surface area contributed by atoms with E-state index in [0.29, 0.717) is 73.4 Å². The lowest BCUT2D eigenvalue weighted by atomic mass is 10.1. The summed E-state index contributed by atoms with van der Waals surface area (Å²) in [7, 11) is 0. The number of nitrogens with zero attached hydrogens (tertiary/aromatic N) is 1. The maximum absolute atomic E-state index is 13.3. The number of rotatable bonds is 18. The summed E-state index contributed by atoms with van der Waals surface area (Å²) in [4.78, 5) is 42.4. The molecule has 2 aromatic carbocycles. The van der Waals surface area contributed by atoms with E-state index in [2.05, 4.69) is 4.85 Å². The van der Waals surface area contributed by atoms with Crippen molar-refractivity contribution in [3.05, 3.63) is 68.9 Å². The monoisotopic (exact) mass is 653 g/mol. The van der Waals surface area contributed by atoms with Crippen molar-refractivity contribution in [3.8, 4) is 11.5 Å². The third-order valence-electron chi connectivity index (χ3n) is 7.39. The second-order valence-electron chi connectivity index (χ2n) is 10.9. The smallest absolute Gasteiger partial charge is 0.308 e. The highest BCUT2D eigenvalue weighted by Gasteiger charge is 2.32. The van der Waals surface area contributed by atoms with Crippen LogP contribution in [-0.4, -0.2) is 44.1 Å². The number of fused-ring (bicyclic) bond motifs is 1. The van der Waals surface area contributed by atoms with E-state index >= 15 is 0 Å². The van der Waals surface area contributed by atoms with E-state index in [4.69, 9.17) is 25.5 Å². The van der Waals surface area contributed by atoms with Crippen molar-refractivity contribution in [1.29, 1.82) is 0 Å². The Morgan fingerprint density at radius 2 is 1.33 bits per heavy atom. The highest BCUT2D eigenvalue weighted by molar-refractivity contribution is 8.24. The summed E-state index contributed by atoms with van der Waals surface area (Å²) < 4.78 is 23.8. The number of esters is 2. The maximum Gasteiger partial charge on any atom is 0.308 e. The Kier molecular flexibility index (Phi) is 14.8. The van der Waals surface area contributed by atoms with Crippen molar-refractivity contribution in [2.75, 3.05) is 26.4 Å². The van der Waals surface area contributed by atoms with Crippen LogP contribution in [0.5, 0.6) is 11.5 Å². The minimum Gasteiger partial charge on any atom is -0.492 e. The molecule has 0 N–H and O–H groups in total. The number of ether oxygens (including phenoxy) is 4. The number of thioether (sulfide) groups is 2. The van der Waals surface area contributed by atoms with Crippen LogP contribution in [-0.2, 0) is 19.1 Å². The lowest BCUT2D eigenvalue weighted by Gasteiger charge is -2.17. The Hall–Kier alpha value is -3.42. The summed E-state index contributed by atoms with van der Waals surface area (Å²) in [6, 6.07) is 10.7. The number of aryl methyl sites for hydroxylation is 1. The van der Waals surface area contributed by atoms with Crippen molar-refractivity contribution < 1.29 is 33.3 Å². The van der Waals surface area contributed by atoms with E-state index in [1.165, 1.54) is 23.5 Å². The molecule has 10 heteroatoms. The summed E-state index contributed by atoms with van der Waals surface area (Å²) in [5.74, 6) is 0.457. The van der Waals surface area contributed by atoms with Gasteiger partial charge in [-0.15, -0.1) is 0 Å². The molecule has 0 fully saturated rings. The average molecular weight is 654 g/mol. The Balaban J connectivity index is 1.73. The summed E-state index contributed by atoms with van der Waals surface area (Å²) in [6.45, 7) is 19.0. The molecule has 0 spiro atoms. The number of ketones is 1. The van der Waals surface area contributed by atoms with E-state index in [1.54, 1.807) is 24.3 Å². The standard InChI is InChI=1S/C35H43NO7S2/c1-7-23(3)33(38)42-20-14-12-18-40-27-22-25(5)30(41-19-13-15-21-43-34(39)24(4)8-2)32-31(27)44-35(45-32)28(36-6)29(37)26-16-10-9-11-17-26/h9-11,16-17,22-24H,7-8,12-15,18-21H2,1-5H3/b35-28+. The SMILES string of the molecule is [C-]#[N+]/C(C(=O)c1ccccc1)=C1\Sc2c(OCCCCOC(=O)C(C)CC)cc(C)c(OCCCCOC(=O)C(C)CC)c2S1. The molecule has 1 aliphatic heterocycles. The van der Waals surface area contributed by atoms with E-state index < -0.39 is 0 Å². The molecule has 3 rings (SSSR count). The number of hydrogen-bond donors (Lipinski definition) is 0. The number of unbranched alkanes of at least 4 members (excludes halogenated alkanes) is 2. The first kappa shape index (κ1) is 36.1. The molecule has 45 heavy (non-hydrogen) atoms. The molecule has 1 heterocycles. The molecule has 0 amide bonds. The molecule has 1 aliphatic rings. The predicted molar refractivity (Wildman–Crippen MR) is 178 cm³/mol. The van der Waals surface area contributed by atoms with Crippen molar-refractivity contribution in [2.45, 2.75) is 82.9 Å². The molecule has 0 aliphatic carbocycles. The summed E-state index contributed by atoms with van der Waals surface area (Å²) in [5.41, 5.74) is 1.40. The highest BCUT2D eigenvalue weighted by Crippen LogP contribution is 2.60. The van der Waals surface area contributed by atoms with Crippen LogP contribution in [0.3, 0.4) is 0 Å². The second-order valence-corrected chi connectivity index (χ2v) is 13.2. The third-order valence-corrected chi connectivity index (χ3v) is 9.98. The first-order valence-corrected chi connectivity index (χ1v) is 17.2. The lowest BCUT2D eigenvalue weighted by molar-refractivity contribution is -0.149. The zero-order valence-corrected chi connectivity index (χ0v) is 28.4. The quantitative estimate of drug-likeness (QED) is 0.0515. The highest BCUT2D eigenvalue weighted by atomic mass is 32.2. The molecule has 8 nitrogen and oxygen atoms in total. The van der Waals surface area contributed by atoms with Crippen LogP contribution in [0.15, 0.2) is 56.1 Å². The van der Waals surface area contributed by atoms with Crippen molar-refractivity contribution >= 4 is 41.2 Å². The maximum atomic E-state index is 13.3. The number of carbonyl (C=O) groups is 3. The van der Waals surface area contributed by atoms with Crippen LogP contribution < -0.4 is 9.47 Å². The predicted octanol–water partition coefficient (Wildman–Crippen LogP) is 8.66. The van der Waals surface area contributed by atoms with Gasteiger partial charge in [0.1, 0.15) is 11.5 Å². The van der Waals surface area contributed by atoms with Gasteiger partial charge in [-0.05, 0) is 57.1 Å². The Morgan fingerprint density at radius 3 is 1.89 bits per heavy atom. The van der Waals surface area contributed by atoms with Gasteiger partial charge in [-0.2, -0.15) is 0 Å². The molecule has 2 unspecified atom stereocenters. The van der Waals surface area contributed by atoms with Crippen LogP contribution in [0, 0.1) is 25.3 Å². The largest absolute Gasteiger partial charge is 0.492 e.